The average Bonchev–Trinajstić information content (AvgIpc) is 2.69. The molecule has 0 bridgehead atoms. The van der Waals surface area contributed by atoms with Crippen LogP contribution in [0.2, 0.25) is 0 Å². The van der Waals surface area contributed by atoms with Gasteiger partial charge in [-0.05, 0) is 12.1 Å². The van der Waals surface area contributed by atoms with E-state index in [1.165, 1.54) is 7.11 Å². The molecule has 2 aliphatic rings. The standard InChI is InChI=1S/C19H28N4O5/c1-20-10-13-11-21(2)18(25)23(4)19(13,22(3)17(20)24)12-8-14(26-5)16(28-7)15(9-12)27-6/h8-9,13H,10-11H2,1-7H3. The Bertz CT molecular complexity index is 744. The summed E-state index contributed by atoms with van der Waals surface area (Å²) < 4.78 is 16.5. The van der Waals surface area contributed by atoms with Gasteiger partial charge in [0.25, 0.3) is 0 Å². The first-order valence-electron chi connectivity index (χ1n) is 9.02. The molecule has 0 radical (unpaired) electrons. The third-order valence-electron chi connectivity index (χ3n) is 5.90. The molecule has 2 heterocycles. The van der Waals surface area contributed by atoms with Crippen LogP contribution in [-0.4, -0.2) is 94.3 Å². The molecule has 0 atom stereocenters. The lowest BCUT2D eigenvalue weighted by molar-refractivity contribution is -0.102. The Balaban J connectivity index is 2.30. The van der Waals surface area contributed by atoms with E-state index in [4.69, 9.17) is 14.2 Å². The number of fused-ring (bicyclic) bond motifs is 1. The molecule has 3 rings (SSSR count). The maximum Gasteiger partial charge on any atom is 0.321 e. The van der Waals surface area contributed by atoms with Crippen molar-refractivity contribution in [3.8, 4) is 17.2 Å². The summed E-state index contributed by atoms with van der Waals surface area (Å²) in [5, 5.41) is 0. The predicted molar refractivity (Wildman–Crippen MR) is 103 cm³/mol. The normalized spacial score (nSPS) is 25.0. The van der Waals surface area contributed by atoms with E-state index in [1.54, 1.807) is 62.0 Å². The zero-order valence-electron chi connectivity index (χ0n) is 17.5. The summed E-state index contributed by atoms with van der Waals surface area (Å²) >= 11 is 0. The highest BCUT2D eigenvalue weighted by molar-refractivity contribution is 5.81. The van der Waals surface area contributed by atoms with Crippen LogP contribution in [0.4, 0.5) is 9.59 Å². The minimum Gasteiger partial charge on any atom is -0.493 e. The second kappa shape index (κ2) is 6.96. The van der Waals surface area contributed by atoms with Crippen molar-refractivity contribution in [2.75, 3.05) is 62.6 Å². The van der Waals surface area contributed by atoms with Crippen molar-refractivity contribution in [1.29, 1.82) is 0 Å². The number of amides is 4. The first-order valence-corrected chi connectivity index (χ1v) is 9.02. The Kier molecular flexibility index (Phi) is 4.95. The molecule has 0 unspecified atom stereocenters. The number of benzene rings is 1. The summed E-state index contributed by atoms with van der Waals surface area (Å²) in [6.45, 7) is 1.03. The van der Waals surface area contributed by atoms with Crippen molar-refractivity contribution in [3.63, 3.8) is 0 Å². The van der Waals surface area contributed by atoms with Crippen molar-refractivity contribution in [2.24, 2.45) is 5.92 Å². The number of methoxy groups -OCH3 is 3. The lowest BCUT2D eigenvalue weighted by Crippen LogP contribution is -2.75. The largest absolute Gasteiger partial charge is 0.493 e. The van der Waals surface area contributed by atoms with Gasteiger partial charge in [0, 0.05) is 52.8 Å². The van der Waals surface area contributed by atoms with E-state index in [1.807, 2.05) is 12.1 Å². The fourth-order valence-corrected chi connectivity index (χ4v) is 4.62. The van der Waals surface area contributed by atoms with Crippen LogP contribution in [0, 0.1) is 5.92 Å². The molecule has 154 valence electrons. The van der Waals surface area contributed by atoms with Gasteiger partial charge in [-0.15, -0.1) is 0 Å². The highest BCUT2D eigenvalue weighted by Crippen LogP contribution is 2.49. The number of hydrogen-bond acceptors (Lipinski definition) is 5. The molecule has 9 nitrogen and oxygen atoms in total. The predicted octanol–water partition coefficient (Wildman–Crippen LogP) is 1.48. The van der Waals surface area contributed by atoms with Crippen LogP contribution in [0.1, 0.15) is 5.56 Å². The minimum atomic E-state index is -0.972. The molecular weight excluding hydrogens is 364 g/mol. The Hall–Kier alpha value is -2.84. The second-order valence-electron chi connectivity index (χ2n) is 7.28. The first kappa shape index (κ1) is 19.9. The molecule has 4 amide bonds. The van der Waals surface area contributed by atoms with Gasteiger partial charge in [0.05, 0.1) is 21.3 Å². The molecule has 1 aromatic rings. The van der Waals surface area contributed by atoms with Crippen molar-refractivity contribution < 1.29 is 23.8 Å². The molecule has 0 saturated carbocycles. The van der Waals surface area contributed by atoms with E-state index in [0.29, 0.717) is 30.3 Å². The number of carbonyl (C=O) groups is 2. The van der Waals surface area contributed by atoms with Gasteiger partial charge in [-0.2, -0.15) is 0 Å². The Labute approximate surface area is 165 Å². The lowest BCUT2D eigenvalue weighted by Gasteiger charge is -2.60. The number of carbonyl (C=O) groups excluding carboxylic acids is 2. The van der Waals surface area contributed by atoms with E-state index in [0.717, 1.165) is 5.56 Å². The van der Waals surface area contributed by atoms with E-state index >= 15 is 0 Å². The topological polar surface area (TPSA) is 74.8 Å². The molecule has 0 aliphatic carbocycles. The van der Waals surface area contributed by atoms with Crippen molar-refractivity contribution in [1.82, 2.24) is 19.6 Å². The second-order valence-corrected chi connectivity index (χ2v) is 7.28. The van der Waals surface area contributed by atoms with Crippen LogP contribution < -0.4 is 14.2 Å². The fraction of sp³-hybridized carbons (Fsp3) is 0.579. The number of rotatable bonds is 4. The maximum atomic E-state index is 12.9. The number of nitrogens with zero attached hydrogens (tertiary/aromatic N) is 4. The van der Waals surface area contributed by atoms with Gasteiger partial charge in [0.2, 0.25) is 5.75 Å². The maximum absolute atomic E-state index is 12.9. The Morgan fingerprint density at radius 1 is 0.821 bits per heavy atom. The molecule has 1 aromatic carbocycles. The molecule has 2 fully saturated rings. The molecule has 0 aromatic heterocycles. The molecule has 0 N–H and O–H groups in total. The molecule has 9 heteroatoms. The van der Waals surface area contributed by atoms with E-state index < -0.39 is 5.66 Å². The van der Waals surface area contributed by atoms with Crippen molar-refractivity contribution >= 4 is 12.1 Å². The lowest BCUT2D eigenvalue weighted by atomic mass is 9.79. The van der Waals surface area contributed by atoms with E-state index in [9.17, 15) is 9.59 Å². The van der Waals surface area contributed by atoms with Crippen molar-refractivity contribution in [2.45, 2.75) is 5.66 Å². The van der Waals surface area contributed by atoms with Crippen LogP contribution in [0.5, 0.6) is 17.2 Å². The SMILES string of the molecule is COc1cc(C23C(CN(C)C(=O)N2C)CN(C)C(=O)N3C)cc(OC)c1OC. The third kappa shape index (κ3) is 2.52. The number of hydrogen-bond donors (Lipinski definition) is 0. The van der Waals surface area contributed by atoms with Gasteiger partial charge in [0.1, 0.15) is 0 Å². The Morgan fingerprint density at radius 2 is 1.25 bits per heavy atom. The van der Waals surface area contributed by atoms with E-state index in [2.05, 4.69) is 0 Å². The highest BCUT2D eigenvalue weighted by Gasteiger charge is 2.58. The van der Waals surface area contributed by atoms with Gasteiger partial charge in [-0.25, -0.2) is 9.59 Å². The van der Waals surface area contributed by atoms with Gasteiger partial charge in [0.15, 0.2) is 17.2 Å². The molecule has 2 aliphatic heterocycles. The monoisotopic (exact) mass is 392 g/mol. The minimum absolute atomic E-state index is 0.0456. The van der Waals surface area contributed by atoms with Gasteiger partial charge < -0.3 is 24.0 Å². The molecular formula is C19H28N4O5. The average molecular weight is 392 g/mol. The summed E-state index contributed by atoms with van der Waals surface area (Å²) in [5.74, 6) is 1.37. The van der Waals surface area contributed by atoms with Crippen LogP contribution >= 0.6 is 0 Å². The van der Waals surface area contributed by atoms with E-state index in [-0.39, 0.29) is 18.0 Å². The summed E-state index contributed by atoms with van der Waals surface area (Å²) in [4.78, 5) is 32.5. The first-order chi connectivity index (χ1) is 13.2. The van der Waals surface area contributed by atoms with Gasteiger partial charge in [-0.3, -0.25) is 9.80 Å². The van der Waals surface area contributed by atoms with Crippen LogP contribution in [-0.2, 0) is 5.66 Å². The summed E-state index contributed by atoms with van der Waals surface area (Å²) in [7, 11) is 11.6. The number of urea groups is 2. The fourth-order valence-electron chi connectivity index (χ4n) is 4.62. The summed E-state index contributed by atoms with van der Waals surface area (Å²) in [6, 6.07) is 3.32. The molecule has 2 saturated heterocycles. The zero-order valence-corrected chi connectivity index (χ0v) is 17.5. The smallest absolute Gasteiger partial charge is 0.321 e. The van der Waals surface area contributed by atoms with Crippen LogP contribution in [0.15, 0.2) is 12.1 Å². The quantitative estimate of drug-likeness (QED) is 0.776. The highest BCUT2D eigenvalue weighted by atomic mass is 16.5. The molecule has 28 heavy (non-hydrogen) atoms. The summed E-state index contributed by atoms with van der Waals surface area (Å²) in [6.07, 6.45) is 0. The summed E-state index contributed by atoms with van der Waals surface area (Å²) in [5.41, 5.74) is -0.236. The zero-order chi connectivity index (χ0) is 20.8. The number of ether oxygens (including phenoxy) is 3. The Morgan fingerprint density at radius 3 is 1.61 bits per heavy atom. The van der Waals surface area contributed by atoms with Gasteiger partial charge >= 0.3 is 12.1 Å². The van der Waals surface area contributed by atoms with Crippen LogP contribution in [0.3, 0.4) is 0 Å². The van der Waals surface area contributed by atoms with Crippen molar-refractivity contribution in [3.05, 3.63) is 17.7 Å². The third-order valence-corrected chi connectivity index (χ3v) is 5.90. The molecule has 0 spiro atoms. The van der Waals surface area contributed by atoms with Crippen LogP contribution in [0.25, 0.3) is 0 Å². The van der Waals surface area contributed by atoms with Gasteiger partial charge in [-0.1, -0.05) is 0 Å².